The summed E-state index contributed by atoms with van der Waals surface area (Å²) in [5.74, 6) is -0.831. The van der Waals surface area contributed by atoms with Gasteiger partial charge in [-0.2, -0.15) is 0 Å². The average Bonchev–Trinajstić information content (AvgIpc) is 2.36. The fraction of sp³-hybridized carbons (Fsp3) is 0. The molecule has 1 aromatic heterocycles. The van der Waals surface area contributed by atoms with Gasteiger partial charge in [0, 0.05) is 4.47 Å². The number of carboxylic acid groups (broad SMARTS) is 1. The molecule has 0 aliphatic carbocycles. The lowest BCUT2D eigenvalue weighted by molar-refractivity contribution is 0.0689. The van der Waals surface area contributed by atoms with Gasteiger partial charge in [0.15, 0.2) is 5.69 Å². The van der Waals surface area contributed by atoms with E-state index in [4.69, 9.17) is 27.2 Å². The lowest BCUT2D eigenvalue weighted by Gasteiger charge is -2.09. The number of nitrogen functional groups attached to an aromatic ring is 1. The molecule has 0 radical (unpaired) electrons. The highest BCUT2D eigenvalue weighted by Gasteiger charge is 2.12. The van der Waals surface area contributed by atoms with Crippen molar-refractivity contribution in [2.75, 3.05) is 5.73 Å². The second kappa shape index (κ2) is 5.46. The van der Waals surface area contributed by atoms with Crippen LogP contribution in [-0.4, -0.2) is 16.1 Å². The minimum absolute atomic E-state index is 0.0000926. The van der Waals surface area contributed by atoms with Crippen molar-refractivity contribution >= 4 is 39.2 Å². The number of nitrogens with two attached hydrogens (primary N) is 1. The summed E-state index contributed by atoms with van der Waals surface area (Å²) in [4.78, 5) is 14.7. The van der Waals surface area contributed by atoms with Crippen molar-refractivity contribution in [3.63, 3.8) is 0 Å². The lowest BCUT2D eigenvalue weighted by Crippen LogP contribution is -2.03. The summed E-state index contributed by atoms with van der Waals surface area (Å²) in [5, 5.41) is 9.24. The first-order chi connectivity index (χ1) is 8.97. The normalized spacial score (nSPS) is 10.2. The first-order valence-electron chi connectivity index (χ1n) is 5.10. The van der Waals surface area contributed by atoms with Crippen LogP contribution in [0.2, 0.25) is 5.02 Å². The predicted molar refractivity (Wildman–Crippen MR) is 74.8 cm³/mol. The third-order valence-electron chi connectivity index (χ3n) is 2.21. The molecule has 0 aliphatic rings. The van der Waals surface area contributed by atoms with Crippen molar-refractivity contribution in [3.8, 4) is 11.6 Å². The second-order valence-electron chi connectivity index (χ2n) is 3.57. The molecular formula is C12H8BrClN2O3. The van der Waals surface area contributed by atoms with E-state index >= 15 is 0 Å². The van der Waals surface area contributed by atoms with Crippen molar-refractivity contribution in [2.24, 2.45) is 0 Å². The zero-order valence-corrected chi connectivity index (χ0v) is 11.8. The van der Waals surface area contributed by atoms with E-state index in [1.807, 2.05) is 0 Å². The molecule has 0 aliphatic heterocycles. The molecule has 0 fully saturated rings. The van der Waals surface area contributed by atoms with Crippen molar-refractivity contribution in [1.82, 2.24) is 4.98 Å². The van der Waals surface area contributed by atoms with Gasteiger partial charge in [0.2, 0.25) is 5.88 Å². The molecule has 2 aromatic rings. The van der Waals surface area contributed by atoms with Gasteiger partial charge >= 0.3 is 5.97 Å². The molecule has 0 spiro atoms. The first-order valence-corrected chi connectivity index (χ1v) is 6.27. The number of anilines is 1. The van der Waals surface area contributed by atoms with Gasteiger partial charge in [0.1, 0.15) is 5.75 Å². The van der Waals surface area contributed by atoms with Gasteiger partial charge < -0.3 is 15.6 Å². The number of aromatic carboxylic acids is 1. The zero-order valence-electron chi connectivity index (χ0n) is 9.43. The fourth-order valence-electron chi connectivity index (χ4n) is 1.31. The topological polar surface area (TPSA) is 85.4 Å². The van der Waals surface area contributed by atoms with Crippen LogP contribution in [0, 0.1) is 0 Å². The van der Waals surface area contributed by atoms with Crippen molar-refractivity contribution in [1.29, 1.82) is 0 Å². The SMILES string of the molecule is Nc1ccc(C(=O)O)nc1Oc1cc(Br)ccc1Cl. The summed E-state index contributed by atoms with van der Waals surface area (Å²) in [6, 6.07) is 7.74. The molecule has 1 aromatic carbocycles. The molecule has 2 rings (SSSR count). The van der Waals surface area contributed by atoms with Gasteiger partial charge in [-0.1, -0.05) is 27.5 Å². The Bertz CT molecular complexity index is 649. The maximum absolute atomic E-state index is 10.8. The molecule has 19 heavy (non-hydrogen) atoms. The number of hydrogen-bond acceptors (Lipinski definition) is 4. The van der Waals surface area contributed by atoms with Gasteiger partial charge in [-0.3, -0.25) is 0 Å². The first kappa shape index (κ1) is 13.6. The molecule has 5 nitrogen and oxygen atoms in total. The number of nitrogens with zero attached hydrogens (tertiary/aromatic N) is 1. The van der Waals surface area contributed by atoms with E-state index in [-0.39, 0.29) is 17.3 Å². The van der Waals surface area contributed by atoms with Crippen LogP contribution in [0.1, 0.15) is 10.5 Å². The van der Waals surface area contributed by atoms with Crippen molar-refractivity contribution in [2.45, 2.75) is 0 Å². The Morgan fingerprint density at radius 1 is 1.37 bits per heavy atom. The quantitative estimate of drug-likeness (QED) is 0.890. The summed E-state index contributed by atoms with van der Waals surface area (Å²) in [6.07, 6.45) is 0. The van der Waals surface area contributed by atoms with E-state index in [1.54, 1.807) is 18.2 Å². The van der Waals surface area contributed by atoms with Crippen LogP contribution >= 0.6 is 27.5 Å². The third kappa shape index (κ3) is 3.15. The number of hydrogen-bond donors (Lipinski definition) is 2. The fourth-order valence-corrected chi connectivity index (χ4v) is 1.81. The van der Waals surface area contributed by atoms with Crippen LogP contribution < -0.4 is 10.5 Å². The number of aromatic nitrogens is 1. The molecule has 0 bridgehead atoms. The summed E-state index contributed by atoms with van der Waals surface area (Å²) >= 11 is 9.25. The largest absolute Gasteiger partial charge is 0.477 e. The summed E-state index contributed by atoms with van der Waals surface area (Å²) in [6.45, 7) is 0. The molecule has 0 unspecified atom stereocenters. The molecule has 0 amide bonds. The van der Waals surface area contributed by atoms with Crippen LogP contribution in [-0.2, 0) is 0 Å². The molecule has 0 saturated carbocycles. The van der Waals surface area contributed by atoms with Gasteiger partial charge in [-0.25, -0.2) is 9.78 Å². The smallest absolute Gasteiger partial charge is 0.354 e. The Labute approximate surface area is 122 Å². The highest BCUT2D eigenvalue weighted by molar-refractivity contribution is 9.10. The van der Waals surface area contributed by atoms with Crippen molar-refractivity contribution < 1.29 is 14.6 Å². The third-order valence-corrected chi connectivity index (χ3v) is 3.01. The van der Waals surface area contributed by atoms with E-state index in [0.717, 1.165) is 4.47 Å². The Balaban J connectivity index is 2.40. The molecule has 0 saturated heterocycles. The number of ether oxygens (including phenoxy) is 1. The molecule has 98 valence electrons. The van der Waals surface area contributed by atoms with E-state index < -0.39 is 5.97 Å². The van der Waals surface area contributed by atoms with Gasteiger partial charge in [0.05, 0.1) is 10.7 Å². The molecule has 0 atom stereocenters. The zero-order chi connectivity index (χ0) is 14.0. The number of carboxylic acids is 1. The van der Waals surface area contributed by atoms with Gasteiger partial charge in [0.25, 0.3) is 0 Å². The average molecular weight is 344 g/mol. The number of benzene rings is 1. The maximum atomic E-state index is 10.8. The Morgan fingerprint density at radius 3 is 2.79 bits per heavy atom. The van der Waals surface area contributed by atoms with E-state index in [2.05, 4.69) is 20.9 Å². The number of pyridine rings is 1. The molecular weight excluding hydrogens is 336 g/mol. The van der Waals surface area contributed by atoms with E-state index in [9.17, 15) is 4.79 Å². The second-order valence-corrected chi connectivity index (χ2v) is 4.90. The van der Waals surface area contributed by atoms with Gasteiger partial charge in [-0.15, -0.1) is 0 Å². The lowest BCUT2D eigenvalue weighted by atomic mass is 10.3. The highest BCUT2D eigenvalue weighted by atomic mass is 79.9. The molecule has 1 heterocycles. The van der Waals surface area contributed by atoms with Crippen LogP contribution in [0.25, 0.3) is 0 Å². The predicted octanol–water partition coefficient (Wildman–Crippen LogP) is 3.57. The van der Waals surface area contributed by atoms with Crippen LogP contribution in [0.4, 0.5) is 5.69 Å². The molecule has 7 heteroatoms. The minimum Gasteiger partial charge on any atom is -0.477 e. The minimum atomic E-state index is -1.16. The standard InChI is InChI=1S/C12H8BrClN2O3/c13-6-1-2-7(14)10(5-6)19-11-8(15)3-4-9(16-11)12(17)18/h1-5H,15H2,(H,17,18). The van der Waals surface area contributed by atoms with Crippen molar-refractivity contribution in [3.05, 3.63) is 45.5 Å². The van der Waals surface area contributed by atoms with Crippen LogP contribution in [0.15, 0.2) is 34.8 Å². The number of rotatable bonds is 3. The van der Waals surface area contributed by atoms with Crippen LogP contribution in [0.3, 0.4) is 0 Å². The molecule has 3 N–H and O–H groups in total. The summed E-state index contributed by atoms with van der Waals surface area (Å²) < 4.78 is 6.21. The summed E-state index contributed by atoms with van der Waals surface area (Å²) in [7, 11) is 0. The Morgan fingerprint density at radius 2 is 2.11 bits per heavy atom. The van der Waals surface area contributed by atoms with Crippen LogP contribution in [0.5, 0.6) is 11.6 Å². The Kier molecular flexibility index (Phi) is 3.92. The van der Waals surface area contributed by atoms with Gasteiger partial charge in [-0.05, 0) is 30.3 Å². The summed E-state index contributed by atoms with van der Waals surface area (Å²) in [5.41, 5.74) is 5.76. The maximum Gasteiger partial charge on any atom is 0.354 e. The van der Waals surface area contributed by atoms with E-state index in [0.29, 0.717) is 10.8 Å². The number of carbonyl (C=O) groups is 1. The Hall–Kier alpha value is -1.79. The van der Waals surface area contributed by atoms with E-state index in [1.165, 1.54) is 12.1 Å². The highest BCUT2D eigenvalue weighted by Crippen LogP contribution is 2.33. The number of halogens is 2. The monoisotopic (exact) mass is 342 g/mol.